The molecule has 1 aromatic heterocycles. The maximum absolute atomic E-state index is 13.6. The molecule has 0 radical (unpaired) electrons. The fourth-order valence-electron chi connectivity index (χ4n) is 1.90. The van der Waals surface area contributed by atoms with E-state index in [2.05, 4.69) is 5.32 Å². The molecular weight excluding hydrogens is 329 g/mol. The summed E-state index contributed by atoms with van der Waals surface area (Å²) >= 11 is 7.28. The molecule has 2 rings (SSSR count). The molecule has 1 N–H and O–H groups in total. The number of hydrogen-bond donors (Lipinski definition) is 1. The first-order valence-electron chi connectivity index (χ1n) is 6.45. The van der Waals surface area contributed by atoms with Gasteiger partial charge in [0, 0.05) is 24.1 Å². The average molecular weight is 344 g/mol. The van der Waals surface area contributed by atoms with Crippen LogP contribution in [0.5, 0.6) is 5.75 Å². The molecule has 0 unspecified atom stereocenters. The smallest absolute Gasteiger partial charge is 0.251 e. The number of halogens is 2. The fourth-order valence-corrected chi connectivity index (χ4v) is 3.04. The van der Waals surface area contributed by atoms with Crippen LogP contribution in [0.3, 0.4) is 0 Å². The molecule has 0 saturated carbocycles. The predicted molar refractivity (Wildman–Crippen MR) is 84.4 cm³/mol. The van der Waals surface area contributed by atoms with Gasteiger partial charge in [-0.25, -0.2) is 4.39 Å². The van der Waals surface area contributed by atoms with Gasteiger partial charge in [-0.3, -0.25) is 4.79 Å². The summed E-state index contributed by atoms with van der Waals surface area (Å²) in [5.74, 6) is -0.866. The first kappa shape index (κ1) is 16.7. The van der Waals surface area contributed by atoms with Crippen molar-refractivity contribution in [2.45, 2.75) is 6.10 Å². The Morgan fingerprint density at radius 1 is 1.36 bits per heavy atom. The summed E-state index contributed by atoms with van der Waals surface area (Å²) in [5, 5.41) is 2.71. The van der Waals surface area contributed by atoms with Crippen molar-refractivity contribution in [2.75, 3.05) is 20.8 Å². The van der Waals surface area contributed by atoms with Gasteiger partial charge >= 0.3 is 0 Å². The van der Waals surface area contributed by atoms with E-state index < -0.39 is 5.82 Å². The predicted octanol–water partition coefficient (Wildman–Crippen LogP) is 3.67. The summed E-state index contributed by atoms with van der Waals surface area (Å²) in [6.07, 6.45) is -0.301. The third kappa shape index (κ3) is 3.97. The quantitative estimate of drug-likeness (QED) is 0.870. The summed E-state index contributed by atoms with van der Waals surface area (Å²) < 4.78 is 24.4. The number of carbonyl (C=O) groups excluding carboxylic acids is 1. The minimum atomic E-state index is -0.580. The van der Waals surface area contributed by atoms with E-state index in [4.69, 9.17) is 21.1 Å². The molecule has 0 aliphatic carbocycles. The zero-order chi connectivity index (χ0) is 16.1. The van der Waals surface area contributed by atoms with Gasteiger partial charge in [-0.2, -0.15) is 0 Å². The average Bonchev–Trinajstić information content (AvgIpc) is 2.94. The van der Waals surface area contributed by atoms with E-state index in [0.717, 1.165) is 10.9 Å². The largest absolute Gasteiger partial charge is 0.494 e. The lowest BCUT2D eigenvalue weighted by molar-refractivity contribution is 0.0837. The number of benzene rings is 1. The second-order valence-corrected chi connectivity index (χ2v) is 6.17. The van der Waals surface area contributed by atoms with Gasteiger partial charge in [0.2, 0.25) is 0 Å². The summed E-state index contributed by atoms with van der Waals surface area (Å²) in [4.78, 5) is 13.0. The van der Waals surface area contributed by atoms with Gasteiger partial charge in [0.15, 0.2) is 11.6 Å². The van der Waals surface area contributed by atoms with Crippen LogP contribution in [0.15, 0.2) is 30.3 Å². The Morgan fingerprint density at radius 3 is 2.68 bits per heavy atom. The van der Waals surface area contributed by atoms with Crippen molar-refractivity contribution in [3.05, 3.63) is 50.9 Å². The number of nitrogens with one attached hydrogen (secondary N) is 1. The van der Waals surface area contributed by atoms with Gasteiger partial charge in [-0.05, 0) is 30.3 Å². The molecule has 1 heterocycles. The van der Waals surface area contributed by atoms with Crippen LogP contribution in [-0.4, -0.2) is 26.7 Å². The summed E-state index contributed by atoms with van der Waals surface area (Å²) in [6, 6.07) is 7.67. The molecule has 0 spiro atoms. The standard InChI is InChI=1S/C15H15ClFNO3S/c1-20-11-4-3-9(7-10(11)17)15(19)18-8-12(21-2)13-5-6-14(16)22-13/h3-7,12H,8H2,1-2H3,(H,18,19)/t12-/m0/s1. The molecule has 7 heteroatoms. The number of thiophene rings is 1. The zero-order valence-electron chi connectivity index (χ0n) is 12.1. The Morgan fingerprint density at radius 2 is 2.14 bits per heavy atom. The Hall–Kier alpha value is -1.63. The Bertz CT molecular complexity index is 662. The van der Waals surface area contributed by atoms with Crippen LogP contribution in [0.1, 0.15) is 21.3 Å². The highest BCUT2D eigenvalue weighted by Gasteiger charge is 2.16. The van der Waals surface area contributed by atoms with Crippen molar-refractivity contribution in [1.82, 2.24) is 5.32 Å². The third-order valence-corrected chi connectivity index (χ3v) is 4.38. The number of methoxy groups -OCH3 is 2. The van der Waals surface area contributed by atoms with Crippen molar-refractivity contribution in [3.8, 4) is 5.75 Å². The number of rotatable bonds is 6. The van der Waals surface area contributed by atoms with E-state index in [-0.39, 0.29) is 29.9 Å². The van der Waals surface area contributed by atoms with E-state index in [1.807, 2.05) is 6.07 Å². The summed E-state index contributed by atoms with van der Waals surface area (Å²) in [5.41, 5.74) is 0.220. The van der Waals surface area contributed by atoms with Crippen molar-refractivity contribution in [3.63, 3.8) is 0 Å². The normalized spacial score (nSPS) is 12.0. The molecule has 22 heavy (non-hydrogen) atoms. The molecule has 118 valence electrons. The molecular formula is C15H15ClFNO3S. The van der Waals surface area contributed by atoms with Gasteiger partial charge < -0.3 is 14.8 Å². The van der Waals surface area contributed by atoms with Gasteiger partial charge in [0.05, 0.1) is 11.4 Å². The molecule has 0 bridgehead atoms. The third-order valence-electron chi connectivity index (χ3n) is 3.06. The van der Waals surface area contributed by atoms with Crippen LogP contribution in [-0.2, 0) is 4.74 Å². The van der Waals surface area contributed by atoms with Crippen molar-refractivity contribution >= 4 is 28.8 Å². The molecule has 1 atom stereocenters. The van der Waals surface area contributed by atoms with E-state index >= 15 is 0 Å². The molecule has 1 amide bonds. The maximum Gasteiger partial charge on any atom is 0.251 e. The van der Waals surface area contributed by atoms with Gasteiger partial charge in [-0.15, -0.1) is 11.3 Å². The van der Waals surface area contributed by atoms with Crippen LogP contribution >= 0.6 is 22.9 Å². The topological polar surface area (TPSA) is 47.6 Å². The SMILES string of the molecule is COc1ccc(C(=O)NC[C@H](OC)c2ccc(Cl)s2)cc1F. The minimum absolute atomic E-state index is 0.0968. The second kappa shape index (κ2) is 7.58. The summed E-state index contributed by atoms with van der Waals surface area (Å²) in [6.45, 7) is 0.264. The molecule has 2 aromatic rings. The van der Waals surface area contributed by atoms with Crippen molar-refractivity contribution in [1.29, 1.82) is 0 Å². The number of carbonyl (C=O) groups is 1. The Balaban J connectivity index is 2.01. The second-order valence-electron chi connectivity index (χ2n) is 4.43. The fraction of sp³-hybridized carbons (Fsp3) is 0.267. The van der Waals surface area contributed by atoms with Crippen LogP contribution in [0, 0.1) is 5.82 Å². The zero-order valence-corrected chi connectivity index (χ0v) is 13.6. The van der Waals surface area contributed by atoms with Crippen LogP contribution in [0.25, 0.3) is 0 Å². The first-order valence-corrected chi connectivity index (χ1v) is 7.64. The molecule has 4 nitrogen and oxygen atoms in total. The van der Waals surface area contributed by atoms with Crippen LogP contribution < -0.4 is 10.1 Å². The molecule has 1 aromatic carbocycles. The monoisotopic (exact) mass is 343 g/mol. The number of ether oxygens (including phenoxy) is 2. The minimum Gasteiger partial charge on any atom is -0.494 e. The lowest BCUT2D eigenvalue weighted by Gasteiger charge is -2.14. The molecule has 0 aliphatic heterocycles. The highest BCUT2D eigenvalue weighted by atomic mass is 35.5. The van der Waals surface area contributed by atoms with Gasteiger partial charge in [0.25, 0.3) is 5.91 Å². The highest BCUT2D eigenvalue weighted by Crippen LogP contribution is 2.28. The first-order chi connectivity index (χ1) is 10.5. The van der Waals surface area contributed by atoms with Crippen molar-refractivity contribution < 1.29 is 18.7 Å². The highest BCUT2D eigenvalue weighted by molar-refractivity contribution is 7.16. The van der Waals surface area contributed by atoms with E-state index in [1.54, 1.807) is 13.2 Å². The van der Waals surface area contributed by atoms with E-state index in [0.29, 0.717) is 4.34 Å². The van der Waals surface area contributed by atoms with Crippen LogP contribution in [0.2, 0.25) is 4.34 Å². The molecule has 0 saturated heterocycles. The van der Waals surface area contributed by atoms with Gasteiger partial charge in [-0.1, -0.05) is 11.6 Å². The van der Waals surface area contributed by atoms with Crippen molar-refractivity contribution in [2.24, 2.45) is 0 Å². The van der Waals surface area contributed by atoms with E-state index in [9.17, 15) is 9.18 Å². The molecule has 0 fully saturated rings. The Kier molecular flexibility index (Phi) is 5.76. The maximum atomic E-state index is 13.6. The lowest BCUT2D eigenvalue weighted by Crippen LogP contribution is -2.28. The number of amides is 1. The number of hydrogen-bond acceptors (Lipinski definition) is 4. The van der Waals surface area contributed by atoms with Gasteiger partial charge in [0.1, 0.15) is 6.10 Å². The lowest BCUT2D eigenvalue weighted by atomic mass is 10.2. The molecule has 0 aliphatic rings. The summed E-state index contributed by atoms with van der Waals surface area (Å²) in [7, 11) is 2.92. The Labute approximate surface area is 136 Å². The van der Waals surface area contributed by atoms with E-state index in [1.165, 1.54) is 30.6 Å². The van der Waals surface area contributed by atoms with Crippen LogP contribution in [0.4, 0.5) is 4.39 Å².